The highest BCUT2D eigenvalue weighted by Crippen LogP contribution is 2.17. The molecule has 0 aliphatic carbocycles. The van der Waals surface area contributed by atoms with Gasteiger partial charge < -0.3 is 5.73 Å². The molecular weight excluding hydrogens is 196 g/mol. The third kappa shape index (κ3) is 3.02. The van der Waals surface area contributed by atoms with Gasteiger partial charge in [-0.25, -0.2) is 0 Å². The number of nitrogens with two attached hydrogens (primary N) is 1. The fourth-order valence-corrected chi connectivity index (χ4v) is 1.44. The largest absolute Gasteiger partial charge is 0.328 e. The number of hydrogen-bond donors (Lipinski definition) is 1. The lowest BCUT2D eigenvalue weighted by atomic mass is 10.1. The van der Waals surface area contributed by atoms with Gasteiger partial charge in [0.05, 0.1) is 10.6 Å². The Morgan fingerprint density at radius 1 is 1.57 bits per heavy atom. The van der Waals surface area contributed by atoms with Gasteiger partial charge in [0.25, 0.3) is 0 Å². The summed E-state index contributed by atoms with van der Waals surface area (Å²) >= 11 is 5.89. The van der Waals surface area contributed by atoms with Crippen molar-refractivity contribution in [1.29, 1.82) is 5.26 Å². The first-order chi connectivity index (χ1) is 6.63. The molecule has 2 nitrogen and oxygen atoms in total. The maximum absolute atomic E-state index is 8.67. The first-order valence-corrected chi connectivity index (χ1v) is 4.95. The van der Waals surface area contributed by atoms with Crippen LogP contribution in [0.2, 0.25) is 5.02 Å². The number of hydrogen-bond acceptors (Lipinski definition) is 2. The quantitative estimate of drug-likeness (QED) is 0.830. The Bertz CT molecular complexity index is 353. The van der Waals surface area contributed by atoms with E-state index in [2.05, 4.69) is 0 Å². The Morgan fingerprint density at radius 2 is 2.29 bits per heavy atom. The van der Waals surface area contributed by atoms with Crippen LogP contribution in [0.4, 0.5) is 0 Å². The molecule has 0 fully saturated rings. The summed E-state index contributed by atoms with van der Waals surface area (Å²) in [5, 5.41) is 9.20. The Balaban J connectivity index is 2.73. The molecule has 0 amide bonds. The van der Waals surface area contributed by atoms with Gasteiger partial charge in [-0.05, 0) is 37.5 Å². The van der Waals surface area contributed by atoms with Crippen LogP contribution >= 0.6 is 11.6 Å². The smallest absolute Gasteiger partial charge is 0.101 e. The van der Waals surface area contributed by atoms with E-state index in [4.69, 9.17) is 22.6 Å². The number of aryl methyl sites for hydroxylation is 1. The van der Waals surface area contributed by atoms with E-state index in [1.54, 1.807) is 6.07 Å². The van der Waals surface area contributed by atoms with Gasteiger partial charge >= 0.3 is 0 Å². The molecule has 0 bridgehead atoms. The average Bonchev–Trinajstić information content (AvgIpc) is 2.15. The zero-order valence-electron chi connectivity index (χ0n) is 8.13. The molecule has 0 radical (unpaired) electrons. The minimum absolute atomic E-state index is 0.199. The summed E-state index contributed by atoms with van der Waals surface area (Å²) in [7, 11) is 0. The number of nitrogens with zero attached hydrogens (tertiary/aromatic N) is 1. The molecule has 0 aromatic heterocycles. The van der Waals surface area contributed by atoms with Gasteiger partial charge in [0.15, 0.2) is 0 Å². The lowest BCUT2D eigenvalue weighted by Gasteiger charge is -2.05. The maximum atomic E-state index is 8.67. The SMILES string of the molecule is CC(N)CCc1ccc(C#N)c(Cl)c1. The van der Waals surface area contributed by atoms with Gasteiger partial charge in [-0.2, -0.15) is 5.26 Å². The van der Waals surface area contributed by atoms with Crippen LogP contribution in [-0.2, 0) is 6.42 Å². The number of nitriles is 1. The first kappa shape index (κ1) is 11.0. The predicted octanol–water partition coefficient (Wildman–Crippen LogP) is 2.49. The molecule has 14 heavy (non-hydrogen) atoms. The minimum Gasteiger partial charge on any atom is -0.328 e. The van der Waals surface area contributed by atoms with Gasteiger partial charge in [-0.3, -0.25) is 0 Å². The van der Waals surface area contributed by atoms with Crippen LogP contribution in [0.1, 0.15) is 24.5 Å². The van der Waals surface area contributed by atoms with Crippen molar-refractivity contribution in [3.63, 3.8) is 0 Å². The van der Waals surface area contributed by atoms with E-state index in [0.29, 0.717) is 10.6 Å². The summed E-state index contributed by atoms with van der Waals surface area (Å²) in [6.45, 7) is 1.98. The van der Waals surface area contributed by atoms with Crippen LogP contribution in [0.25, 0.3) is 0 Å². The molecular formula is C11H13ClN2. The fraction of sp³-hybridized carbons (Fsp3) is 0.364. The highest BCUT2D eigenvalue weighted by Gasteiger charge is 2.02. The molecule has 3 heteroatoms. The van der Waals surface area contributed by atoms with Gasteiger partial charge in [-0.15, -0.1) is 0 Å². The summed E-state index contributed by atoms with van der Waals surface area (Å²) in [5.41, 5.74) is 7.30. The van der Waals surface area contributed by atoms with Gasteiger partial charge in [0.1, 0.15) is 6.07 Å². The average molecular weight is 209 g/mol. The van der Waals surface area contributed by atoms with Crippen molar-refractivity contribution >= 4 is 11.6 Å². The molecule has 1 aromatic rings. The van der Waals surface area contributed by atoms with Crippen molar-refractivity contribution < 1.29 is 0 Å². The highest BCUT2D eigenvalue weighted by atomic mass is 35.5. The lowest BCUT2D eigenvalue weighted by Crippen LogP contribution is -2.15. The Labute approximate surface area is 89.3 Å². The van der Waals surface area contributed by atoms with Crippen LogP contribution in [0.15, 0.2) is 18.2 Å². The van der Waals surface area contributed by atoms with Gasteiger partial charge in [0, 0.05) is 6.04 Å². The van der Waals surface area contributed by atoms with Crippen LogP contribution in [0, 0.1) is 11.3 Å². The molecule has 74 valence electrons. The van der Waals surface area contributed by atoms with Gasteiger partial charge in [0.2, 0.25) is 0 Å². The third-order valence-corrected chi connectivity index (χ3v) is 2.36. The fourth-order valence-electron chi connectivity index (χ4n) is 1.20. The van der Waals surface area contributed by atoms with E-state index < -0.39 is 0 Å². The lowest BCUT2D eigenvalue weighted by molar-refractivity contribution is 0.666. The predicted molar refractivity (Wildman–Crippen MR) is 58.1 cm³/mol. The first-order valence-electron chi connectivity index (χ1n) is 4.57. The second-order valence-corrected chi connectivity index (χ2v) is 3.85. The number of halogens is 1. The Morgan fingerprint density at radius 3 is 2.79 bits per heavy atom. The molecule has 1 rings (SSSR count). The van der Waals surface area contributed by atoms with Crippen molar-refractivity contribution in [1.82, 2.24) is 0 Å². The molecule has 1 unspecified atom stereocenters. The van der Waals surface area contributed by atoms with Crippen LogP contribution in [0.3, 0.4) is 0 Å². The topological polar surface area (TPSA) is 49.8 Å². The normalized spacial score (nSPS) is 12.1. The number of rotatable bonds is 3. The van der Waals surface area contributed by atoms with E-state index in [-0.39, 0.29) is 6.04 Å². The molecule has 2 N–H and O–H groups in total. The molecule has 0 aliphatic heterocycles. The molecule has 0 saturated carbocycles. The second-order valence-electron chi connectivity index (χ2n) is 3.44. The Kier molecular flexibility index (Phi) is 3.94. The van der Waals surface area contributed by atoms with Crippen molar-refractivity contribution in [2.45, 2.75) is 25.8 Å². The van der Waals surface area contributed by atoms with E-state index in [0.717, 1.165) is 18.4 Å². The maximum Gasteiger partial charge on any atom is 0.101 e. The van der Waals surface area contributed by atoms with Crippen molar-refractivity contribution in [2.75, 3.05) is 0 Å². The van der Waals surface area contributed by atoms with E-state index in [1.807, 2.05) is 25.1 Å². The van der Waals surface area contributed by atoms with Crippen molar-refractivity contribution in [2.24, 2.45) is 5.73 Å². The molecule has 0 spiro atoms. The summed E-state index contributed by atoms with van der Waals surface area (Å²) in [5.74, 6) is 0. The second kappa shape index (κ2) is 4.99. The van der Waals surface area contributed by atoms with Crippen molar-refractivity contribution in [3.05, 3.63) is 34.3 Å². The van der Waals surface area contributed by atoms with E-state index >= 15 is 0 Å². The zero-order valence-corrected chi connectivity index (χ0v) is 8.88. The summed E-state index contributed by atoms with van der Waals surface area (Å²) in [6.07, 6.45) is 1.84. The number of benzene rings is 1. The summed E-state index contributed by atoms with van der Waals surface area (Å²) < 4.78 is 0. The highest BCUT2D eigenvalue weighted by molar-refractivity contribution is 6.31. The monoisotopic (exact) mass is 208 g/mol. The zero-order chi connectivity index (χ0) is 10.6. The van der Waals surface area contributed by atoms with Gasteiger partial charge in [-0.1, -0.05) is 17.7 Å². The van der Waals surface area contributed by atoms with Crippen LogP contribution in [0.5, 0.6) is 0 Å². The summed E-state index contributed by atoms with van der Waals surface area (Å²) in [6, 6.07) is 7.74. The molecule has 1 aromatic carbocycles. The molecule has 0 saturated heterocycles. The minimum atomic E-state index is 0.199. The molecule has 0 heterocycles. The Hall–Kier alpha value is -1.04. The molecule has 1 atom stereocenters. The standard InChI is InChI=1S/C11H13ClN2/c1-8(14)2-3-9-4-5-10(7-13)11(12)6-9/h4-6,8H,2-3,14H2,1H3. The van der Waals surface area contributed by atoms with E-state index in [9.17, 15) is 0 Å². The van der Waals surface area contributed by atoms with Crippen molar-refractivity contribution in [3.8, 4) is 6.07 Å². The molecule has 0 aliphatic rings. The van der Waals surface area contributed by atoms with Crippen LogP contribution in [-0.4, -0.2) is 6.04 Å². The van der Waals surface area contributed by atoms with Crippen LogP contribution < -0.4 is 5.73 Å². The summed E-state index contributed by atoms with van der Waals surface area (Å²) in [4.78, 5) is 0. The van der Waals surface area contributed by atoms with E-state index in [1.165, 1.54) is 0 Å². The third-order valence-electron chi connectivity index (χ3n) is 2.04.